The third-order valence-corrected chi connectivity index (χ3v) is 4.00. The quantitative estimate of drug-likeness (QED) is 0.828. The van der Waals surface area contributed by atoms with Crippen molar-refractivity contribution in [1.82, 2.24) is 14.8 Å². The van der Waals surface area contributed by atoms with Crippen LogP contribution in [0.2, 0.25) is 0 Å². The predicted octanol–water partition coefficient (Wildman–Crippen LogP) is 1.19. The van der Waals surface area contributed by atoms with Crippen molar-refractivity contribution in [3.8, 4) is 0 Å². The summed E-state index contributed by atoms with van der Waals surface area (Å²) < 4.78 is 28.1. The van der Waals surface area contributed by atoms with E-state index in [1.807, 2.05) is 6.92 Å². The van der Waals surface area contributed by atoms with Crippen LogP contribution in [0.25, 0.3) is 0 Å². The number of nitrogens with zero attached hydrogens (tertiary/aromatic N) is 3. The van der Waals surface area contributed by atoms with Gasteiger partial charge in [0.1, 0.15) is 10.6 Å². The fourth-order valence-corrected chi connectivity index (χ4v) is 2.82. The van der Waals surface area contributed by atoms with Gasteiger partial charge < -0.3 is 9.67 Å². The van der Waals surface area contributed by atoms with Crippen molar-refractivity contribution < 1.29 is 18.3 Å². The lowest BCUT2D eigenvalue weighted by atomic mass is 10.4. The van der Waals surface area contributed by atoms with Crippen molar-refractivity contribution in [2.45, 2.75) is 24.8 Å². The number of nitrogens with one attached hydrogen (secondary N) is 1. The fourth-order valence-electron chi connectivity index (χ4n) is 1.79. The molecular weight excluding hydrogens is 296 g/mol. The zero-order valence-corrected chi connectivity index (χ0v) is 12.0. The van der Waals surface area contributed by atoms with Crippen LogP contribution in [-0.2, 0) is 16.6 Å². The van der Waals surface area contributed by atoms with Gasteiger partial charge in [-0.2, -0.15) is 5.10 Å². The number of carboxylic acids is 1. The molecule has 0 fully saturated rings. The Hall–Kier alpha value is -2.42. The molecule has 0 saturated carbocycles. The molecule has 112 valence electrons. The van der Waals surface area contributed by atoms with E-state index < -0.39 is 16.0 Å². The zero-order chi connectivity index (χ0) is 15.5. The minimum Gasteiger partial charge on any atom is -0.477 e. The van der Waals surface area contributed by atoms with Gasteiger partial charge in [0.15, 0.2) is 5.82 Å². The van der Waals surface area contributed by atoms with Gasteiger partial charge in [0.2, 0.25) is 0 Å². The molecule has 9 heteroatoms. The topological polar surface area (TPSA) is 114 Å². The SMILES string of the molecule is CCCn1cc(S(=O)(=O)Nc2cccnn2)cc1C(=O)O. The van der Waals surface area contributed by atoms with Crippen LogP contribution in [0.1, 0.15) is 23.8 Å². The standard InChI is InChI=1S/C12H14N4O4S/c1-2-6-16-8-9(7-10(16)12(17)18)21(19,20)15-11-4-3-5-13-14-11/h3-5,7-8H,2,6H2,1H3,(H,14,15)(H,17,18). The molecule has 2 aromatic rings. The van der Waals surface area contributed by atoms with Crippen molar-refractivity contribution in [3.63, 3.8) is 0 Å². The third kappa shape index (κ3) is 3.37. The van der Waals surface area contributed by atoms with Crippen LogP contribution in [0, 0.1) is 0 Å². The summed E-state index contributed by atoms with van der Waals surface area (Å²) >= 11 is 0. The molecule has 0 aliphatic carbocycles. The average Bonchev–Trinajstić information content (AvgIpc) is 2.85. The molecule has 21 heavy (non-hydrogen) atoms. The molecule has 0 unspecified atom stereocenters. The molecule has 2 rings (SSSR count). The number of rotatable bonds is 6. The Bertz CT molecular complexity index is 740. The second kappa shape index (κ2) is 5.92. The Morgan fingerprint density at radius 1 is 1.48 bits per heavy atom. The van der Waals surface area contributed by atoms with E-state index in [1.165, 1.54) is 29.1 Å². The summed E-state index contributed by atoms with van der Waals surface area (Å²) in [5.41, 5.74) is -0.0728. The van der Waals surface area contributed by atoms with Gasteiger partial charge in [-0.15, -0.1) is 5.10 Å². The molecule has 0 atom stereocenters. The number of aryl methyl sites for hydroxylation is 1. The number of hydrogen-bond acceptors (Lipinski definition) is 5. The maximum atomic E-state index is 12.2. The molecule has 0 aliphatic heterocycles. The Kier molecular flexibility index (Phi) is 4.22. The summed E-state index contributed by atoms with van der Waals surface area (Å²) in [7, 11) is -3.90. The normalized spacial score (nSPS) is 11.3. The number of carboxylic acid groups (broad SMARTS) is 1. The van der Waals surface area contributed by atoms with Gasteiger partial charge in [-0.25, -0.2) is 13.2 Å². The van der Waals surface area contributed by atoms with Crippen LogP contribution >= 0.6 is 0 Å². The van der Waals surface area contributed by atoms with E-state index in [2.05, 4.69) is 14.9 Å². The van der Waals surface area contributed by atoms with Crippen molar-refractivity contribution in [2.24, 2.45) is 0 Å². The van der Waals surface area contributed by atoms with E-state index in [0.717, 1.165) is 6.07 Å². The Morgan fingerprint density at radius 3 is 2.81 bits per heavy atom. The van der Waals surface area contributed by atoms with Crippen LogP contribution in [-0.4, -0.2) is 34.3 Å². The first-order valence-electron chi connectivity index (χ1n) is 6.18. The van der Waals surface area contributed by atoms with Gasteiger partial charge in [0, 0.05) is 18.9 Å². The maximum absolute atomic E-state index is 12.2. The number of carbonyl (C=O) groups is 1. The first-order valence-corrected chi connectivity index (χ1v) is 7.66. The van der Waals surface area contributed by atoms with Crippen LogP contribution in [0.15, 0.2) is 35.5 Å². The number of aromatic nitrogens is 3. The molecule has 0 radical (unpaired) electrons. The van der Waals surface area contributed by atoms with Gasteiger partial charge in [-0.3, -0.25) is 4.72 Å². The number of anilines is 1. The molecule has 2 N–H and O–H groups in total. The maximum Gasteiger partial charge on any atom is 0.352 e. The van der Waals surface area contributed by atoms with E-state index in [4.69, 9.17) is 5.11 Å². The van der Waals surface area contributed by atoms with Crippen LogP contribution in [0.4, 0.5) is 5.82 Å². The molecule has 0 spiro atoms. The van der Waals surface area contributed by atoms with Crippen molar-refractivity contribution >= 4 is 21.8 Å². The van der Waals surface area contributed by atoms with Crippen LogP contribution in [0.5, 0.6) is 0 Å². The molecule has 8 nitrogen and oxygen atoms in total. The Morgan fingerprint density at radius 2 is 2.24 bits per heavy atom. The fraction of sp³-hybridized carbons (Fsp3) is 0.250. The predicted molar refractivity (Wildman–Crippen MR) is 74.5 cm³/mol. The molecule has 0 bridgehead atoms. The van der Waals surface area contributed by atoms with E-state index in [1.54, 1.807) is 0 Å². The summed E-state index contributed by atoms with van der Waals surface area (Å²) in [6, 6.07) is 4.11. The van der Waals surface area contributed by atoms with Crippen LogP contribution < -0.4 is 4.72 Å². The molecule has 0 saturated heterocycles. The summed E-state index contributed by atoms with van der Waals surface area (Å²) in [5, 5.41) is 16.3. The number of hydrogen-bond donors (Lipinski definition) is 2. The minimum absolute atomic E-state index is 0.0672. The highest BCUT2D eigenvalue weighted by Gasteiger charge is 2.21. The lowest BCUT2D eigenvalue weighted by Gasteiger charge is -2.04. The van der Waals surface area contributed by atoms with Gasteiger partial charge >= 0.3 is 5.97 Å². The molecule has 0 aliphatic rings. The number of aromatic carboxylic acids is 1. The molecule has 2 heterocycles. The lowest BCUT2D eigenvalue weighted by Crippen LogP contribution is -2.13. The molecule has 0 aromatic carbocycles. The second-order valence-electron chi connectivity index (χ2n) is 4.27. The van der Waals surface area contributed by atoms with Gasteiger partial charge in [-0.05, 0) is 24.6 Å². The monoisotopic (exact) mass is 310 g/mol. The summed E-state index contributed by atoms with van der Waals surface area (Å²) in [6.07, 6.45) is 3.40. The molecular formula is C12H14N4O4S. The van der Waals surface area contributed by atoms with Gasteiger partial charge in [0.25, 0.3) is 10.0 Å². The van der Waals surface area contributed by atoms with Gasteiger partial charge in [0.05, 0.1) is 0 Å². The van der Waals surface area contributed by atoms with E-state index >= 15 is 0 Å². The Labute approximate surface area is 121 Å². The second-order valence-corrected chi connectivity index (χ2v) is 5.96. The summed E-state index contributed by atoms with van der Waals surface area (Å²) in [6.45, 7) is 2.29. The van der Waals surface area contributed by atoms with E-state index in [0.29, 0.717) is 13.0 Å². The highest BCUT2D eigenvalue weighted by molar-refractivity contribution is 7.92. The smallest absolute Gasteiger partial charge is 0.352 e. The van der Waals surface area contributed by atoms with Gasteiger partial charge in [-0.1, -0.05) is 6.92 Å². The molecule has 2 aromatic heterocycles. The minimum atomic E-state index is -3.90. The summed E-state index contributed by atoms with van der Waals surface area (Å²) in [4.78, 5) is 11.0. The average molecular weight is 310 g/mol. The lowest BCUT2D eigenvalue weighted by molar-refractivity contribution is 0.0685. The summed E-state index contributed by atoms with van der Waals surface area (Å²) in [5.74, 6) is -1.11. The van der Waals surface area contributed by atoms with Crippen molar-refractivity contribution in [2.75, 3.05) is 4.72 Å². The van der Waals surface area contributed by atoms with E-state index in [9.17, 15) is 13.2 Å². The van der Waals surface area contributed by atoms with Crippen molar-refractivity contribution in [1.29, 1.82) is 0 Å². The first-order chi connectivity index (χ1) is 9.94. The Balaban J connectivity index is 2.36. The highest BCUT2D eigenvalue weighted by Crippen LogP contribution is 2.18. The largest absolute Gasteiger partial charge is 0.477 e. The zero-order valence-electron chi connectivity index (χ0n) is 11.2. The molecule has 0 amide bonds. The van der Waals surface area contributed by atoms with Crippen LogP contribution in [0.3, 0.4) is 0 Å². The van der Waals surface area contributed by atoms with Crippen molar-refractivity contribution in [3.05, 3.63) is 36.3 Å². The number of sulfonamides is 1. The third-order valence-electron chi connectivity index (χ3n) is 2.68. The first kappa shape index (κ1) is 15.0. The van der Waals surface area contributed by atoms with E-state index in [-0.39, 0.29) is 16.4 Å². The highest BCUT2D eigenvalue weighted by atomic mass is 32.2.